The van der Waals surface area contributed by atoms with E-state index in [1.54, 1.807) is 29.2 Å². The Labute approximate surface area is 163 Å². The summed E-state index contributed by atoms with van der Waals surface area (Å²) in [5, 5.41) is 13.6. The number of anilines is 1. The molecule has 0 saturated carbocycles. The van der Waals surface area contributed by atoms with Crippen LogP contribution < -0.4 is 5.32 Å². The third-order valence-electron chi connectivity index (χ3n) is 4.47. The Kier molecular flexibility index (Phi) is 6.33. The van der Waals surface area contributed by atoms with Crippen molar-refractivity contribution in [2.45, 2.75) is 26.0 Å². The van der Waals surface area contributed by atoms with Crippen molar-refractivity contribution in [1.29, 1.82) is 0 Å². The summed E-state index contributed by atoms with van der Waals surface area (Å²) in [4.78, 5) is 33.9. The van der Waals surface area contributed by atoms with E-state index in [1.807, 2.05) is 13.8 Å². The van der Waals surface area contributed by atoms with Gasteiger partial charge in [0.1, 0.15) is 18.4 Å². The molecule has 2 heterocycles. The van der Waals surface area contributed by atoms with Gasteiger partial charge in [0, 0.05) is 24.6 Å². The molecule has 1 aliphatic rings. The van der Waals surface area contributed by atoms with Crippen LogP contribution in [0.3, 0.4) is 0 Å². The summed E-state index contributed by atoms with van der Waals surface area (Å²) in [5.41, 5.74) is 1.44. The molecule has 1 aliphatic heterocycles. The van der Waals surface area contributed by atoms with E-state index in [9.17, 15) is 14.7 Å². The van der Waals surface area contributed by atoms with Crippen molar-refractivity contribution < 1.29 is 19.4 Å². The van der Waals surface area contributed by atoms with Crippen LogP contribution in [0.2, 0.25) is 0 Å². The van der Waals surface area contributed by atoms with Gasteiger partial charge in [-0.3, -0.25) is 14.6 Å². The number of nitrogens with zero attached hydrogens (tertiary/aromatic N) is 3. The van der Waals surface area contributed by atoms with Crippen molar-refractivity contribution in [1.82, 2.24) is 14.9 Å². The highest BCUT2D eigenvalue weighted by Gasteiger charge is 2.34. The normalized spacial score (nSPS) is 18.2. The van der Waals surface area contributed by atoms with Gasteiger partial charge in [0.15, 0.2) is 0 Å². The molecule has 3 rings (SSSR count). The topological polar surface area (TPSA) is 105 Å². The Morgan fingerprint density at radius 2 is 2.07 bits per heavy atom. The number of morpholine rings is 1. The zero-order valence-electron chi connectivity index (χ0n) is 15.9. The van der Waals surface area contributed by atoms with Crippen molar-refractivity contribution in [3.05, 3.63) is 54.1 Å². The van der Waals surface area contributed by atoms with Gasteiger partial charge in [0.2, 0.25) is 5.91 Å². The van der Waals surface area contributed by atoms with E-state index < -0.39 is 12.1 Å². The van der Waals surface area contributed by atoms with Gasteiger partial charge in [0.05, 0.1) is 18.8 Å². The quantitative estimate of drug-likeness (QED) is 0.785. The molecule has 8 heteroatoms. The van der Waals surface area contributed by atoms with E-state index in [-0.39, 0.29) is 36.6 Å². The van der Waals surface area contributed by atoms with Gasteiger partial charge >= 0.3 is 0 Å². The van der Waals surface area contributed by atoms with Crippen molar-refractivity contribution >= 4 is 17.5 Å². The molecular weight excluding hydrogens is 360 g/mol. The fourth-order valence-corrected chi connectivity index (χ4v) is 3.11. The van der Waals surface area contributed by atoms with Crippen molar-refractivity contribution in [3.8, 4) is 0 Å². The number of carbonyl (C=O) groups is 2. The standard InChI is InChI=1S/C20H24N4O4/c1-13(2)10-24-17(11-28-12-18(24)25)19(26)14-3-5-15(6-4-14)23-20(27)16-9-21-7-8-22-16/h3-9,13,17,19,26H,10-12H2,1-2H3,(H,23,27)/t17-,19-/m1/s1. The van der Waals surface area contributed by atoms with Gasteiger partial charge in [-0.1, -0.05) is 26.0 Å². The van der Waals surface area contributed by atoms with Crippen LogP contribution >= 0.6 is 0 Å². The highest BCUT2D eigenvalue weighted by molar-refractivity contribution is 6.02. The summed E-state index contributed by atoms with van der Waals surface area (Å²) in [6.07, 6.45) is 3.45. The average Bonchev–Trinajstić information content (AvgIpc) is 2.70. The number of hydrogen-bond donors (Lipinski definition) is 2. The van der Waals surface area contributed by atoms with Crippen LogP contribution in [0.1, 0.15) is 36.0 Å². The highest BCUT2D eigenvalue weighted by atomic mass is 16.5. The number of aromatic nitrogens is 2. The molecule has 2 aromatic rings. The van der Waals surface area contributed by atoms with E-state index in [0.29, 0.717) is 17.8 Å². The van der Waals surface area contributed by atoms with Gasteiger partial charge in [-0.05, 0) is 23.6 Å². The molecule has 0 spiro atoms. The Hall–Kier alpha value is -2.84. The molecule has 8 nitrogen and oxygen atoms in total. The van der Waals surface area contributed by atoms with E-state index >= 15 is 0 Å². The first kappa shape index (κ1) is 19.9. The number of nitrogens with one attached hydrogen (secondary N) is 1. The molecule has 1 aromatic heterocycles. The molecule has 0 radical (unpaired) electrons. The molecule has 0 bridgehead atoms. The Bertz CT molecular complexity index is 811. The fraction of sp³-hybridized carbons (Fsp3) is 0.400. The van der Waals surface area contributed by atoms with E-state index in [2.05, 4.69) is 15.3 Å². The molecule has 0 aliphatic carbocycles. The second kappa shape index (κ2) is 8.90. The molecule has 2 N–H and O–H groups in total. The van der Waals surface area contributed by atoms with Crippen LogP contribution in [0, 0.1) is 5.92 Å². The van der Waals surface area contributed by atoms with Crippen molar-refractivity contribution in [2.75, 3.05) is 25.1 Å². The molecule has 1 saturated heterocycles. The first-order chi connectivity index (χ1) is 13.5. The summed E-state index contributed by atoms with van der Waals surface area (Å²) in [7, 11) is 0. The summed E-state index contributed by atoms with van der Waals surface area (Å²) in [6.45, 7) is 4.95. The largest absolute Gasteiger partial charge is 0.386 e. The smallest absolute Gasteiger partial charge is 0.275 e. The predicted molar refractivity (Wildman–Crippen MR) is 103 cm³/mol. The number of benzene rings is 1. The molecule has 28 heavy (non-hydrogen) atoms. The maximum absolute atomic E-state index is 12.2. The lowest BCUT2D eigenvalue weighted by molar-refractivity contribution is -0.155. The van der Waals surface area contributed by atoms with Gasteiger partial charge in [-0.2, -0.15) is 0 Å². The predicted octanol–water partition coefficient (Wildman–Crippen LogP) is 1.65. The second-order valence-electron chi connectivity index (χ2n) is 7.13. The number of aliphatic hydroxyl groups is 1. The zero-order valence-corrected chi connectivity index (χ0v) is 15.9. The number of aliphatic hydroxyl groups excluding tert-OH is 1. The van der Waals surface area contributed by atoms with Gasteiger partial charge in [0.25, 0.3) is 5.91 Å². The van der Waals surface area contributed by atoms with Crippen molar-refractivity contribution in [2.24, 2.45) is 5.92 Å². The average molecular weight is 384 g/mol. The van der Waals surface area contributed by atoms with Crippen molar-refractivity contribution in [3.63, 3.8) is 0 Å². The van der Waals surface area contributed by atoms with Crippen LogP contribution in [0.5, 0.6) is 0 Å². The van der Waals surface area contributed by atoms with E-state index in [4.69, 9.17) is 4.74 Å². The monoisotopic (exact) mass is 384 g/mol. The fourth-order valence-electron chi connectivity index (χ4n) is 3.11. The van der Waals surface area contributed by atoms with E-state index in [0.717, 1.165) is 0 Å². The summed E-state index contributed by atoms with van der Waals surface area (Å²) < 4.78 is 5.35. The summed E-state index contributed by atoms with van der Waals surface area (Å²) in [6, 6.07) is 6.41. The third-order valence-corrected chi connectivity index (χ3v) is 4.47. The van der Waals surface area contributed by atoms with E-state index in [1.165, 1.54) is 18.6 Å². The van der Waals surface area contributed by atoms with Crippen LogP contribution in [0.15, 0.2) is 42.9 Å². The maximum atomic E-state index is 12.2. The Morgan fingerprint density at radius 1 is 1.32 bits per heavy atom. The van der Waals surface area contributed by atoms with Crippen LogP contribution in [-0.4, -0.2) is 57.6 Å². The van der Waals surface area contributed by atoms with Crippen LogP contribution in [0.4, 0.5) is 5.69 Å². The minimum absolute atomic E-state index is 0.0449. The van der Waals surface area contributed by atoms with Crippen LogP contribution in [-0.2, 0) is 9.53 Å². The first-order valence-electron chi connectivity index (χ1n) is 9.18. The lowest BCUT2D eigenvalue weighted by Crippen LogP contribution is -2.53. The second-order valence-corrected chi connectivity index (χ2v) is 7.13. The minimum atomic E-state index is -0.882. The van der Waals surface area contributed by atoms with Gasteiger partial charge in [-0.25, -0.2) is 4.98 Å². The maximum Gasteiger partial charge on any atom is 0.275 e. The third kappa shape index (κ3) is 4.71. The molecule has 0 unspecified atom stereocenters. The highest BCUT2D eigenvalue weighted by Crippen LogP contribution is 2.26. The molecule has 2 amide bonds. The first-order valence-corrected chi connectivity index (χ1v) is 9.18. The number of hydrogen-bond acceptors (Lipinski definition) is 6. The number of rotatable bonds is 6. The SMILES string of the molecule is CC(C)CN1C(=O)COC[C@@H]1[C@H](O)c1ccc(NC(=O)c2cnccn2)cc1. The molecule has 1 aromatic carbocycles. The molecule has 148 valence electrons. The molecule has 2 atom stereocenters. The van der Waals surface area contributed by atoms with Gasteiger partial charge in [-0.15, -0.1) is 0 Å². The van der Waals surface area contributed by atoms with Gasteiger partial charge < -0.3 is 20.1 Å². The lowest BCUT2D eigenvalue weighted by atomic mass is 9.99. The van der Waals surface area contributed by atoms with Crippen LogP contribution in [0.25, 0.3) is 0 Å². The zero-order chi connectivity index (χ0) is 20.1. The number of ether oxygens (including phenoxy) is 1. The lowest BCUT2D eigenvalue weighted by Gasteiger charge is -2.39. The minimum Gasteiger partial charge on any atom is -0.386 e. The molecular formula is C20H24N4O4. The Morgan fingerprint density at radius 3 is 2.71 bits per heavy atom. The Balaban J connectivity index is 1.69. The summed E-state index contributed by atoms with van der Waals surface area (Å²) in [5.74, 6) is -0.192. The number of carbonyl (C=O) groups excluding carboxylic acids is 2. The number of amides is 2. The molecule has 1 fully saturated rings. The summed E-state index contributed by atoms with van der Waals surface area (Å²) >= 11 is 0.